The second-order valence-corrected chi connectivity index (χ2v) is 8.58. The molecule has 0 aromatic rings. The van der Waals surface area contributed by atoms with E-state index < -0.39 is 12.2 Å². The molecule has 3 fully saturated rings. The summed E-state index contributed by atoms with van der Waals surface area (Å²) in [6.07, 6.45) is 8.69. The van der Waals surface area contributed by atoms with Gasteiger partial charge in [-0.2, -0.15) is 0 Å². The van der Waals surface area contributed by atoms with Gasteiger partial charge in [-0.05, 0) is 69.6 Å². The van der Waals surface area contributed by atoms with Gasteiger partial charge in [-0.25, -0.2) is 9.59 Å². The first-order chi connectivity index (χ1) is 16.4. The van der Waals surface area contributed by atoms with Crippen LogP contribution in [0.2, 0.25) is 0 Å². The second-order valence-electron chi connectivity index (χ2n) is 8.58. The van der Waals surface area contributed by atoms with E-state index in [1.807, 2.05) is 0 Å². The van der Waals surface area contributed by atoms with Crippen LogP contribution >= 0.6 is 0 Å². The lowest BCUT2D eigenvalue weighted by Gasteiger charge is -2.23. The number of fused-ring (bicyclic) bond motifs is 5. The van der Waals surface area contributed by atoms with Gasteiger partial charge in [-0.1, -0.05) is 6.42 Å². The third-order valence-electron chi connectivity index (χ3n) is 6.53. The normalized spacial score (nSPS) is 23.2. The summed E-state index contributed by atoms with van der Waals surface area (Å²) >= 11 is 0. The lowest BCUT2D eigenvalue weighted by atomic mass is 9.82. The number of nitrogens with one attached hydrogen (secondary N) is 2. The first-order valence-electron chi connectivity index (χ1n) is 12.3. The van der Waals surface area contributed by atoms with Gasteiger partial charge >= 0.3 is 24.1 Å². The minimum atomic E-state index is -0.513. The number of amides is 2. The number of alkyl carbamates (subject to hydrolysis) is 2. The summed E-state index contributed by atoms with van der Waals surface area (Å²) in [5.41, 5.74) is 0. The van der Waals surface area contributed by atoms with Crippen molar-refractivity contribution < 1.29 is 38.1 Å². The Balaban J connectivity index is 0.000000255. The molecule has 2 amide bonds. The fraction of sp³-hybridized carbons (Fsp3) is 0.833. The van der Waals surface area contributed by atoms with Crippen molar-refractivity contribution in [2.45, 2.75) is 65.2 Å². The Labute approximate surface area is 202 Å². The molecule has 2 bridgehead atoms. The maximum atomic E-state index is 10.6. The zero-order chi connectivity index (χ0) is 25.3. The number of carbonyl (C=O) groups excluding carboxylic acids is 4. The van der Waals surface area contributed by atoms with Crippen molar-refractivity contribution in [2.75, 3.05) is 40.5 Å². The van der Waals surface area contributed by atoms with Crippen LogP contribution < -0.4 is 10.6 Å². The molecule has 3 aliphatic rings. The standard InChI is InChI=1S/C10H16.2C7H13NO4/c1-2-9-7-4-5-8(6-7)10(9)3-1;2*1-3-8-7(10)12-5-4-6(9)11-2/h7-10H,1-6H2;2*3-5H2,1-2H3,(H,8,10). The maximum absolute atomic E-state index is 10.6. The van der Waals surface area contributed by atoms with Gasteiger partial charge in [-0.3, -0.25) is 9.59 Å². The highest BCUT2D eigenvalue weighted by Gasteiger charge is 2.48. The highest BCUT2D eigenvalue weighted by atomic mass is 16.6. The summed E-state index contributed by atoms with van der Waals surface area (Å²) in [5, 5.41) is 4.85. The summed E-state index contributed by atoms with van der Waals surface area (Å²) in [6, 6.07) is 0. The first-order valence-corrected chi connectivity index (χ1v) is 12.3. The van der Waals surface area contributed by atoms with Crippen LogP contribution in [0.25, 0.3) is 0 Å². The Morgan fingerprint density at radius 1 is 0.706 bits per heavy atom. The SMILES string of the molecule is C1CC2C3CCC(C3)C2C1.CCNC(=O)OCCC(=O)OC.CCNC(=O)OCCC(=O)OC. The molecule has 3 rings (SSSR count). The molecule has 0 saturated heterocycles. The van der Waals surface area contributed by atoms with Gasteiger partial charge in [0.15, 0.2) is 0 Å². The number of carbonyl (C=O) groups is 4. The van der Waals surface area contributed by atoms with Crippen molar-refractivity contribution in [1.29, 1.82) is 0 Å². The molecule has 3 aliphatic carbocycles. The van der Waals surface area contributed by atoms with Crippen LogP contribution in [0.4, 0.5) is 9.59 Å². The van der Waals surface area contributed by atoms with E-state index in [0.29, 0.717) is 13.1 Å². The predicted molar refractivity (Wildman–Crippen MR) is 125 cm³/mol. The van der Waals surface area contributed by atoms with Crippen LogP contribution in [0.1, 0.15) is 65.2 Å². The van der Waals surface area contributed by atoms with Gasteiger partial charge in [-0.15, -0.1) is 0 Å². The summed E-state index contributed by atoms with van der Waals surface area (Å²) in [7, 11) is 2.57. The van der Waals surface area contributed by atoms with Gasteiger partial charge in [0.05, 0.1) is 27.1 Å². The molecule has 4 unspecified atom stereocenters. The van der Waals surface area contributed by atoms with Crippen LogP contribution in [0.15, 0.2) is 0 Å². The molecular formula is C24H42N2O8. The summed E-state index contributed by atoms with van der Waals surface area (Å²) in [6.45, 7) is 4.69. The molecule has 0 aromatic carbocycles. The lowest BCUT2D eigenvalue weighted by Crippen LogP contribution is -2.24. The Morgan fingerprint density at radius 3 is 1.47 bits per heavy atom. The van der Waals surface area contributed by atoms with E-state index in [-0.39, 0.29) is 38.0 Å². The molecule has 0 aliphatic heterocycles. The molecule has 0 heterocycles. The van der Waals surface area contributed by atoms with E-state index >= 15 is 0 Å². The summed E-state index contributed by atoms with van der Waals surface area (Å²) in [5.74, 6) is 4.02. The number of hydrogen-bond acceptors (Lipinski definition) is 8. The van der Waals surface area contributed by atoms with Gasteiger partial charge in [0.25, 0.3) is 0 Å². The fourth-order valence-corrected chi connectivity index (χ4v) is 5.07. The monoisotopic (exact) mass is 486 g/mol. The molecule has 34 heavy (non-hydrogen) atoms. The Kier molecular flexibility index (Phi) is 14.8. The van der Waals surface area contributed by atoms with E-state index in [0.717, 1.165) is 0 Å². The van der Waals surface area contributed by atoms with Crippen molar-refractivity contribution in [3.8, 4) is 0 Å². The van der Waals surface area contributed by atoms with E-state index in [9.17, 15) is 19.2 Å². The maximum Gasteiger partial charge on any atom is 0.407 e. The van der Waals surface area contributed by atoms with Crippen LogP contribution in [0.3, 0.4) is 0 Å². The smallest absolute Gasteiger partial charge is 0.407 e. The van der Waals surface area contributed by atoms with E-state index in [4.69, 9.17) is 0 Å². The number of ether oxygens (including phenoxy) is 4. The minimum absolute atomic E-state index is 0.0541. The average molecular weight is 487 g/mol. The van der Waals surface area contributed by atoms with E-state index in [2.05, 4.69) is 29.6 Å². The fourth-order valence-electron chi connectivity index (χ4n) is 5.07. The molecule has 10 nitrogen and oxygen atoms in total. The van der Waals surface area contributed by atoms with Gasteiger partial charge < -0.3 is 29.6 Å². The van der Waals surface area contributed by atoms with Crippen LogP contribution in [0.5, 0.6) is 0 Å². The second kappa shape index (κ2) is 17.0. The average Bonchev–Trinajstić information content (AvgIpc) is 3.55. The highest BCUT2D eigenvalue weighted by Crippen LogP contribution is 2.58. The Bertz CT molecular complexity index is 590. The molecule has 4 atom stereocenters. The highest BCUT2D eigenvalue weighted by molar-refractivity contribution is 5.71. The van der Waals surface area contributed by atoms with Gasteiger partial charge in [0, 0.05) is 13.1 Å². The zero-order valence-corrected chi connectivity index (χ0v) is 21.1. The molecule has 2 N–H and O–H groups in total. The third kappa shape index (κ3) is 11.1. The molecular weight excluding hydrogens is 444 g/mol. The van der Waals surface area contributed by atoms with Crippen molar-refractivity contribution in [3.05, 3.63) is 0 Å². The van der Waals surface area contributed by atoms with Crippen molar-refractivity contribution in [2.24, 2.45) is 23.7 Å². The van der Waals surface area contributed by atoms with Crippen molar-refractivity contribution >= 4 is 24.1 Å². The van der Waals surface area contributed by atoms with Gasteiger partial charge in [0.2, 0.25) is 0 Å². The number of esters is 2. The number of hydrogen-bond donors (Lipinski definition) is 2. The van der Waals surface area contributed by atoms with Crippen LogP contribution in [0, 0.1) is 23.7 Å². The number of rotatable bonds is 8. The molecule has 0 radical (unpaired) electrons. The molecule has 0 spiro atoms. The van der Waals surface area contributed by atoms with Crippen LogP contribution in [-0.4, -0.2) is 64.6 Å². The van der Waals surface area contributed by atoms with E-state index in [1.165, 1.54) is 37.9 Å². The predicted octanol–water partition coefficient (Wildman–Crippen LogP) is 3.42. The quantitative estimate of drug-likeness (QED) is 0.394. The van der Waals surface area contributed by atoms with Gasteiger partial charge in [0.1, 0.15) is 13.2 Å². The third-order valence-corrected chi connectivity index (χ3v) is 6.53. The largest absolute Gasteiger partial charge is 0.469 e. The van der Waals surface area contributed by atoms with Crippen LogP contribution in [-0.2, 0) is 28.5 Å². The minimum Gasteiger partial charge on any atom is -0.469 e. The summed E-state index contributed by atoms with van der Waals surface area (Å²) in [4.78, 5) is 42.3. The molecule has 10 heteroatoms. The lowest BCUT2D eigenvalue weighted by molar-refractivity contribution is -0.142. The van der Waals surface area contributed by atoms with Crippen molar-refractivity contribution in [1.82, 2.24) is 10.6 Å². The molecule has 0 aromatic heterocycles. The zero-order valence-electron chi connectivity index (χ0n) is 21.1. The number of methoxy groups -OCH3 is 2. The topological polar surface area (TPSA) is 129 Å². The van der Waals surface area contributed by atoms with Crippen molar-refractivity contribution in [3.63, 3.8) is 0 Å². The summed E-state index contributed by atoms with van der Waals surface area (Å²) < 4.78 is 17.9. The first kappa shape index (κ1) is 29.5. The Hall–Kier alpha value is -2.52. The molecule has 196 valence electrons. The molecule has 3 saturated carbocycles. The van der Waals surface area contributed by atoms with E-state index in [1.54, 1.807) is 52.4 Å². The Morgan fingerprint density at radius 2 is 1.12 bits per heavy atom.